The van der Waals surface area contributed by atoms with Crippen molar-refractivity contribution in [2.45, 2.75) is 13.0 Å². The molecule has 5 heteroatoms. The van der Waals surface area contributed by atoms with E-state index in [1.165, 1.54) is 7.11 Å². The summed E-state index contributed by atoms with van der Waals surface area (Å²) >= 11 is 9.50. The van der Waals surface area contributed by atoms with Crippen LogP contribution in [0.1, 0.15) is 28.9 Å². The van der Waals surface area contributed by atoms with Crippen molar-refractivity contribution in [2.24, 2.45) is 0 Å². The van der Waals surface area contributed by atoms with Gasteiger partial charge in [-0.25, -0.2) is 0 Å². The zero-order valence-electron chi connectivity index (χ0n) is 11.7. The number of ether oxygens (including phenoxy) is 1. The van der Waals surface area contributed by atoms with Crippen LogP contribution in [0.5, 0.6) is 5.75 Å². The van der Waals surface area contributed by atoms with Crippen molar-refractivity contribution in [1.82, 2.24) is 5.32 Å². The molecule has 1 unspecified atom stereocenters. The van der Waals surface area contributed by atoms with Gasteiger partial charge < -0.3 is 10.1 Å². The number of nitrogens with one attached hydrogen (secondary N) is 1. The summed E-state index contributed by atoms with van der Waals surface area (Å²) in [4.78, 5) is 12.4. The highest BCUT2D eigenvalue weighted by molar-refractivity contribution is 9.10. The van der Waals surface area contributed by atoms with E-state index in [-0.39, 0.29) is 11.9 Å². The fourth-order valence-corrected chi connectivity index (χ4v) is 2.67. The first kappa shape index (κ1) is 15.9. The van der Waals surface area contributed by atoms with Gasteiger partial charge in [0.15, 0.2) is 0 Å². The molecule has 0 aromatic heterocycles. The van der Waals surface area contributed by atoms with Crippen molar-refractivity contribution in [3.05, 3.63) is 63.1 Å². The van der Waals surface area contributed by atoms with Crippen molar-refractivity contribution >= 4 is 33.4 Å². The third-order valence-electron chi connectivity index (χ3n) is 3.13. The van der Waals surface area contributed by atoms with E-state index < -0.39 is 0 Å². The van der Waals surface area contributed by atoms with Crippen LogP contribution in [0.2, 0.25) is 5.02 Å². The van der Waals surface area contributed by atoms with Crippen LogP contribution in [0, 0.1) is 0 Å². The Balaban J connectivity index is 2.20. The summed E-state index contributed by atoms with van der Waals surface area (Å²) in [5, 5.41) is 3.56. The molecule has 0 spiro atoms. The Bertz CT molecular complexity index is 660. The Kier molecular flexibility index (Phi) is 5.26. The van der Waals surface area contributed by atoms with Gasteiger partial charge in [-0.2, -0.15) is 0 Å². The molecule has 110 valence electrons. The molecule has 1 N–H and O–H groups in total. The number of rotatable bonds is 4. The second-order valence-corrected chi connectivity index (χ2v) is 5.88. The molecule has 0 heterocycles. The number of halogens is 2. The van der Waals surface area contributed by atoms with Gasteiger partial charge in [0.05, 0.1) is 18.7 Å². The van der Waals surface area contributed by atoms with Crippen molar-refractivity contribution < 1.29 is 9.53 Å². The van der Waals surface area contributed by atoms with Crippen molar-refractivity contribution in [1.29, 1.82) is 0 Å². The van der Waals surface area contributed by atoms with Crippen LogP contribution >= 0.6 is 27.5 Å². The summed E-state index contributed by atoms with van der Waals surface area (Å²) < 4.78 is 6.10. The molecule has 0 aliphatic rings. The van der Waals surface area contributed by atoms with E-state index in [0.717, 1.165) is 10.0 Å². The molecule has 0 radical (unpaired) electrons. The highest BCUT2D eigenvalue weighted by atomic mass is 79.9. The van der Waals surface area contributed by atoms with Crippen LogP contribution in [-0.2, 0) is 0 Å². The van der Waals surface area contributed by atoms with Gasteiger partial charge in [-0.05, 0) is 36.8 Å². The molecule has 21 heavy (non-hydrogen) atoms. The van der Waals surface area contributed by atoms with Gasteiger partial charge in [0, 0.05) is 9.50 Å². The SMILES string of the molecule is COc1cc(Br)ccc1C(=O)NC(C)c1ccccc1Cl. The Morgan fingerprint density at radius 1 is 1.29 bits per heavy atom. The number of benzene rings is 2. The van der Waals surface area contributed by atoms with Crippen LogP contribution in [0.4, 0.5) is 0 Å². The minimum Gasteiger partial charge on any atom is -0.496 e. The number of carbonyl (C=O) groups is 1. The lowest BCUT2D eigenvalue weighted by Crippen LogP contribution is -2.27. The molecular formula is C16H15BrClNO2. The topological polar surface area (TPSA) is 38.3 Å². The quantitative estimate of drug-likeness (QED) is 0.856. The number of hydrogen-bond acceptors (Lipinski definition) is 2. The molecule has 0 saturated heterocycles. The van der Waals surface area contributed by atoms with E-state index in [4.69, 9.17) is 16.3 Å². The van der Waals surface area contributed by atoms with Crippen LogP contribution in [0.3, 0.4) is 0 Å². The van der Waals surface area contributed by atoms with Crippen molar-refractivity contribution in [2.75, 3.05) is 7.11 Å². The van der Waals surface area contributed by atoms with Crippen LogP contribution < -0.4 is 10.1 Å². The molecular weight excluding hydrogens is 354 g/mol. The summed E-state index contributed by atoms with van der Waals surface area (Å²) in [7, 11) is 1.54. The summed E-state index contributed by atoms with van der Waals surface area (Å²) in [5.74, 6) is 0.319. The highest BCUT2D eigenvalue weighted by Crippen LogP contribution is 2.26. The average Bonchev–Trinajstić information content (AvgIpc) is 2.47. The van der Waals surface area contributed by atoms with Gasteiger partial charge in [0.2, 0.25) is 0 Å². The molecule has 2 aromatic rings. The van der Waals surface area contributed by atoms with Gasteiger partial charge in [0.25, 0.3) is 5.91 Å². The fourth-order valence-electron chi connectivity index (χ4n) is 2.03. The smallest absolute Gasteiger partial charge is 0.255 e. The molecule has 0 saturated carbocycles. The number of carbonyl (C=O) groups excluding carboxylic acids is 1. The van der Waals surface area contributed by atoms with E-state index in [9.17, 15) is 4.79 Å². The largest absolute Gasteiger partial charge is 0.496 e. The maximum atomic E-state index is 12.4. The van der Waals surface area contributed by atoms with Gasteiger partial charge in [0.1, 0.15) is 5.75 Å². The lowest BCUT2D eigenvalue weighted by atomic mass is 10.1. The molecule has 3 nitrogen and oxygen atoms in total. The first-order valence-electron chi connectivity index (χ1n) is 6.41. The van der Waals surface area contributed by atoms with Crippen LogP contribution in [-0.4, -0.2) is 13.0 Å². The second-order valence-electron chi connectivity index (χ2n) is 4.56. The summed E-state index contributed by atoms with van der Waals surface area (Å²) in [6, 6.07) is 12.5. The summed E-state index contributed by atoms with van der Waals surface area (Å²) in [6.45, 7) is 1.89. The minimum absolute atomic E-state index is 0.195. The maximum Gasteiger partial charge on any atom is 0.255 e. The highest BCUT2D eigenvalue weighted by Gasteiger charge is 2.17. The normalized spacial score (nSPS) is 11.8. The van der Waals surface area contributed by atoms with Gasteiger partial charge in [-0.3, -0.25) is 4.79 Å². The maximum absolute atomic E-state index is 12.4. The third kappa shape index (κ3) is 3.77. The molecule has 0 aliphatic heterocycles. The lowest BCUT2D eigenvalue weighted by Gasteiger charge is -2.17. The Morgan fingerprint density at radius 2 is 2.00 bits per heavy atom. The van der Waals surface area contributed by atoms with E-state index in [2.05, 4.69) is 21.2 Å². The molecule has 2 aromatic carbocycles. The van der Waals surface area contributed by atoms with Gasteiger partial charge in [-0.15, -0.1) is 0 Å². The van der Waals surface area contributed by atoms with Crippen LogP contribution in [0.25, 0.3) is 0 Å². The predicted molar refractivity (Wildman–Crippen MR) is 88.0 cm³/mol. The average molecular weight is 369 g/mol. The summed E-state index contributed by atoms with van der Waals surface area (Å²) in [5.41, 5.74) is 1.36. The second kappa shape index (κ2) is 6.96. The zero-order valence-corrected chi connectivity index (χ0v) is 14.0. The fraction of sp³-hybridized carbons (Fsp3) is 0.188. The van der Waals surface area contributed by atoms with Gasteiger partial charge >= 0.3 is 0 Å². The monoisotopic (exact) mass is 367 g/mol. The first-order valence-corrected chi connectivity index (χ1v) is 7.59. The Hall–Kier alpha value is -1.52. The first-order chi connectivity index (χ1) is 10.0. The third-order valence-corrected chi connectivity index (χ3v) is 3.96. The molecule has 0 bridgehead atoms. The number of methoxy groups -OCH3 is 1. The molecule has 0 aliphatic carbocycles. The molecule has 0 fully saturated rings. The van der Waals surface area contributed by atoms with Crippen molar-refractivity contribution in [3.63, 3.8) is 0 Å². The van der Waals surface area contributed by atoms with E-state index in [1.54, 1.807) is 24.3 Å². The van der Waals surface area contributed by atoms with Crippen LogP contribution in [0.15, 0.2) is 46.9 Å². The molecule has 1 amide bonds. The summed E-state index contributed by atoms with van der Waals surface area (Å²) in [6.07, 6.45) is 0. The van der Waals surface area contributed by atoms with Gasteiger partial charge in [-0.1, -0.05) is 45.7 Å². The van der Waals surface area contributed by atoms with E-state index in [0.29, 0.717) is 16.3 Å². The Morgan fingerprint density at radius 3 is 2.67 bits per heavy atom. The zero-order chi connectivity index (χ0) is 15.4. The molecule has 2 rings (SSSR count). The molecule has 1 atom stereocenters. The lowest BCUT2D eigenvalue weighted by molar-refractivity contribution is 0.0937. The number of amides is 1. The minimum atomic E-state index is -0.202. The standard InChI is InChI=1S/C16H15BrClNO2/c1-10(12-5-3-4-6-14(12)18)19-16(20)13-8-7-11(17)9-15(13)21-2/h3-10H,1-2H3,(H,19,20). The number of hydrogen-bond donors (Lipinski definition) is 1. The predicted octanol–water partition coefficient (Wildman–Crippen LogP) is 4.60. The Labute approximate surface area is 137 Å². The van der Waals surface area contributed by atoms with Crippen molar-refractivity contribution in [3.8, 4) is 5.75 Å². The van der Waals surface area contributed by atoms with E-state index >= 15 is 0 Å². The van der Waals surface area contributed by atoms with E-state index in [1.807, 2.05) is 25.1 Å².